The number of nitrogens with zero attached hydrogens (tertiary/aromatic N) is 1. The van der Waals surface area contributed by atoms with E-state index in [1.807, 2.05) is 38.1 Å². The van der Waals surface area contributed by atoms with Gasteiger partial charge < -0.3 is 11.1 Å². The Morgan fingerprint density at radius 2 is 2.11 bits per heavy atom. The number of carbonyl (C=O) groups excluding carboxylic acids is 1. The molecule has 0 atom stereocenters. The van der Waals surface area contributed by atoms with Gasteiger partial charge in [-0.3, -0.25) is 10.3 Å². The first-order valence-electron chi connectivity index (χ1n) is 5.99. The van der Waals surface area contributed by atoms with E-state index in [1.165, 1.54) is 0 Å². The normalized spacial score (nSPS) is 10.9. The summed E-state index contributed by atoms with van der Waals surface area (Å²) in [6.07, 6.45) is 0.752. The zero-order valence-corrected chi connectivity index (χ0v) is 11.9. The van der Waals surface area contributed by atoms with Crippen molar-refractivity contribution in [3.8, 4) is 0 Å². The summed E-state index contributed by atoms with van der Waals surface area (Å²) < 4.78 is 0. The number of carbonyl (C=O) groups is 1. The van der Waals surface area contributed by atoms with Gasteiger partial charge in [0.05, 0.1) is 12.2 Å². The highest BCUT2D eigenvalue weighted by Crippen LogP contribution is 2.17. The number of urea groups is 1. The molecule has 0 aliphatic rings. The number of para-hydroxylation sites is 1. The number of hydrogen-bond acceptors (Lipinski definition) is 3. The lowest BCUT2D eigenvalue weighted by molar-refractivity contribution is 0.246. The summed E-state index contributed by atoms with van der Waals surface area (Å²) in [4.78, 5) is 15.9. The topological polar surface area (TPSA) is 79.5 Å². The SMILES string of the molecule is CCC(CNC(=O)NC(N)=S)=Nc1ccccc1C. The summed E-state index contributed by atoms with van der Waals surface area (Å²) in [7, 11) is 0. The predicted molar refractivity (Wildman–Crippen MR) is 81.9 cm³/mol. The van der Waals surface area contributed by atoms with Gasteiger partial charge in [0.1, 0.15) is 0 Å². The molecule has 19 heavy (non-hydrogen) atoms. The maximum Gasteiger partial charge on any atom is 0.321 e. The van der Waals surface area contributed by atoms with Gasteiger partial charge in [-0.25, -0.2) is 4.79 Å². The molecular weight excluding hydrogens is 260 g/mol. The van der Waals surface area contributed by atoms with Crippen LogP contribution in [0.25, 0.3) is 0 Å². The van der Waals surface area contributed by atoms with E-state index in [-0.39, 0.29) is 5.11 Å². The van der Waals surface area contributed by atoms with Crippen molar-refractivity contribution in [2.24, 2.45) is 10.7 Å². The van der Waals surface area contributed by atoms with Crippen LogP contribution in [0.4, 0.5) is 10.5 Å². The molecule has 0 saturated heterocycles. The first kappa shape index (κ1) is 15.1. The van der Waals surface area contributed by atoms with Crippen LogP contribution in [0.2, 0.25) is 0 Å². The third kappa shape index (κ3) is 5.48. The number of benzene rings is 1. The van der Waals surface area contributed by atoms with Gasteiger partial charge >= 0.3 is 6.03 Å². The third-order valence-corrected chi connectivity index (χ3v) is 2.59. The van der Waals surface area contributed by atoms with Crippen LogP contribution in [0.3, 0.4) is 0 Å². The van der Waals surface area contributed by atoms with Gasteiger partial charge in [0, 0.05) is 5.71 Å². The lowest BCUT2D eigenvalue weighted by Crippen LogP contribution is -2.43. The molecule has 1 aromatic rings. The Balaban J connectivity index is 2.66. The van der Waals surface area contributed by atoms with Crippen molar-refractivity contribution < 1.29 is 4.79 Å². The first-order valence-corrected chi connectivity index (χ1v) is 6.40. The molecular formula is C13H18N4OS. The van der Waals surface area contributed by atoms with E-state index in [9.17, 15) is 4.79 Å². The highest BCUT2D eigenvalue weighted by atomic mass is 32.1. The Morgan fingerprint density at radius 1 is 1.42 bits per heavy atom. The Hall–Kier alpha value is -1.95. The van der Waals surface area contributed by atoms with E-state index in [4.69, 9.17) is 5.73 Å². The quantitative estimate of drug-likeness (QED) is 0.582. The van der Waals surface area contributed by atoms with Crippen LogP contribution in [0.5, 0.6) is 0 Å². The zero-order chi connectivity index (χ0) is 14.3. The molecule has 0 aromatic heterocycles. The second-order valence-electron chi connectivity index (χ2n) is 3.99. The van der Waals surface area contributed by atoms with Gasteiger partial charge in [-0.15, -0.1) is 0 Å². The predicted octanol–water partition coefficient (Wildman–Crippen LogP) is 2.02. The molecule has 4 N–H and O–H groups in total. The van der Waals surface area contributed by atoms with E-state index in [2.05, 4.69) is 27.8 Å². The summed E-state index contributed by atoms with van der Waals surface area (Å²) in [5.74, 6) is 0. The smallest absolute Gasteiger partial charge is 0.321 e. The molecule has 102 valence electrons. The molecule has 2 amide bonds. The monoisotopic (exact) mass is 278 g/mol. The molecule has 0 bridgehead atoms. The molecule has 1 aromatic carbocycles. The van der Waals surface area contributed by atoms with Crippen LogP contribution in [-0.4, -0.2) is 23.4 Å². The molecule has 0 radical (unpaired) electrons. The fourth-order valence-electron chi connectivity index (χ4n) is 1.44. The Morgan fingerprint density at radius 3 is 2.68 bits per heavy atom. The minimum Gasteiger partial charge on any atom is -0.376 e. The molecule has 0 aliphatic carbocycles. The number of rotatable bonds is 4. The van der Waals surface area contributed by atoms with E-state index in [0.29, 0.717) is 6.54 Å². The van der Waals surface area contributed by atoms with Gasteiger partial charge in [0.15, 0.2) is 5.11 Å². The summed E-state index contributed by atoms with van der Waals surface area (Å²) >= 11 is 4.58. The summed E-state index contributed by atoms with van der Waals surface area (Å²) in [5.41, 5.74) is 8.10. The molecule has 1 rings (SSSR count). The fraction of sp³-hybridized carbons (Fsp3) is 0.308. The second kappa shape index (κ2) is 7.48. The molecule has 0 saturated carbocycles. The Bertz CT molecular complexity index is 499. The lowest BCUT2D eigenvalue weighted by Gasteiger charge is -2.08. The maximum absolute atomic E-state index is 11.3. The Labute approximate surface area is 118 Å². The van der Waals surface area contributed by atoms with Crippen molar-refractivity contribution in [2.45, 2.75) is 20.3 Å². The highest BCUT2D eigenvalue weighted by molar-refractivity contribution is 7.80. The summed E-state index contributed by atoms with van der Waals surface area (Å²) in [6, 6.07) is 7.43. The largest absolute Gasteiger partial charge is 0.376 e. The minimum absolute atomic E-state index is 0.0496. The molecule has 0 heterocycles. The van der Waals surface area contributed by atoms with Gasteiger partial charge in [-0.2, -0.15) is 0 Å². The molecule has 0 spiro atoms. The van der Waals surface area contributed by atoms with Gasteiger partial charge in [-0.05, 0) is 37.2 Å². The number of thiocarbonyl (C=S) groups is 1. The number of aryl methyl sites for hydroxylation is 1. The lowest BCUT2D eigenvalue weighted by atomic mass is 10.2. The second-order valence-corrected chi connectivity index (χ2v) is 4.43. The number of aliphatic imine (C=N–C) groups is 1. The molecule has 0 aliphatic heterocycles. The number of amides is 2. The van der Waals surface area contributed by atoms with Crippen molar-refractivity contribution in [1.82, 2.24) is 10.6 Å². The highest BCUT2D eigenvalue weighted by Gasteiger charge is 2.04. The van der Waals surface area contributed by atoms with Crippen molar-refractivity contribution in [1.29, 1.82) is 0 Å². The van der Waals surface area contributed by atoms with Crippen molar-refractivity contribution in [2.75, 3.05) is 6.54 Å². The van der Waals surface area contributed by atoms with Crippen molar-refractivity contribution >= 4 is 34.8 Å². The number of nitrogens with one attached hydrogen (secondary N) is 2. The van der Waals surface area contributed by atoms with Crippen LogP contribution in [-0.2, 0) is 0 Å². The van der Waals surface area contributed by atoms with Crippen LogP contribution >= 0.6 is 12.2 Å². The molecule has 5 nitrogen and oxygen atoms in total. The minimum atomic E-state index is -0.418. The van der Waals surface area contributed by atoms with Gasteiger partial charge in [0.2, 0.25) is 0 Å². The van der Waals surface area contributed by atoms with Crippen molar-refractivity contribution in [3.05, 3.63) is 29.8 Å². The zero-order valence-electron chi connectivity index (χ0n) is 11.1. The molecule has 6 heteroatoms. The van der Waals surface area contributed by atoms with E-state index < -0.39 is 6.03 Å². The van der Waals surface area contributed by atoms with E-state index >= 15 is 0 Å². The van der Waals surface area contributed by atoms with Gasteiger partial charge in [-0.1, -0.05) is 25.1 Å². The first-order chi connectivity index (χ1) is 9.02. The average molecular weight is 278 g/mol. The molecule has 0 unspecified atom stereocenters. The fourth-order valence-corrected chi connectivity index (χ4v) is 1.53. The van der Waals surface area contributed by atoms with Crippen molar-refractivity contribution in [3.63, 3.8) is 0 Å². The van der Waals surface area contributed by atoms with E-state index in [1.54, 1.807) is 0 Å². The number of nitrogens with two attached hydrogens (primary N) is 1. The van der Waals surface area contributed by atoms with E-state index in [0.717, 1.165) is 23.4 Å². The van der Waals surface area contributed by atoms with Crippen LogP contribution in [0, 0.1) is 6.92 Å². The summed E-state index contributed by atoms with van der Waals surface area (Å²) in [6.45, 7) is 4.35. The summed E-state index contributed by atoms with van der Waals surface area (Å²) in [5, 5.41) is 4.91. The van der Waals surface area contributed by atoms with Gasteiger partial charge in [0.25, 0.3) is 0 Å². The Kier molecular flexibility index (Phi) is 5.95. The van der Waals surface area contributed by atoms with Crippen LogP contribution in [0.15, 0.2) is 29.3 Å². The molecule has 0 fully saturated rings. The van der Waals surface area contributed by atoms with Crippen LogP contribution < -0.4 is 16.4 Å². The third-order valence-electron chi connectivity index (χ3n) is 2.49. The maximum atomic E-state index is 11.3. The van der Waals surface area contributed by atoms with Crippen LogP contribution in [0.1, 0.15) is 18.9 Å². The standard InChI is InChI=1S/C13H18N4OS/c1-3-10(8-15-13(18)17-12(14)19)16-11-7-5-4-6-9(11)2/h4-7H,3,8H2,1-2H3,(H4,14,15,17,18,19). The average Bonchev–Trinajstić information content (AvgIpc) is 2.35. The number of hydrogen-bond donors (Lipinski definition) is 3.